The molecule has 5 heteroatoms. The summed E-state index contributed by atoms with van der Waals surface area (Å²) in [4.78, 5) is 1.43. The van der Waals surface area contributed by atoms with E-state index < -0.39 is 10.0 Å². The second kappa shape index (κ2) is 5.68. The van der Waals surface area contributed by atoms with Crippen molar-refractivity contribution in [3.63, 3.8) is 0 Å². The van der Waals surface area contributed by atoms with Crippen LogP contribution in [-0.2, 0) is 16.6 Å². The number of benzene rings is 1. The number of sulfonamides is 1. The van der Waals surface area contributed by atoms with Crippen LogP contribution in [0.5, 0.6) is 0 Å². The molecule has 0 saturated carbocycles. The van der Waals surface area contributed by atoms with Crippen molar-refractivity contribution in [3.05, 3.63) is 50.7 Å². The third-order valence-electron chi connectivity index (χ3n) is 3.58. The Hall–Kier alpha value is -1.17. The van der Waals surface area contributed by atoms with E-state index in [2.05, 4.69) is 4.72 Å². The summed E-state index contributed by atoms with van der Waals surface area (Å²) < 4.78 is 27.8. The quantitative estimate of drug-likeness (QED) is 0.940. The second-order valence-corrected chi connectivity index (χ2v) is 7.73. The fourth-order valence-corrected chi connectivity index (χ4v) is 4.59. The first-order chi connectivity index (χ1) is 9.33. The van der Waals surface area contributed by atoms with E-state index in [1.165, 1.54) is 0 Å². The molecule has 0 atom stereocenters. The van der Waals surface area contributed by atoms with Crippen LogP contribution in [0.4, 0.5) is 0 Å². The van der Waals surface area contributed by atoms with Crippen LogP contribution in [0.2, 0.25) is 0 Å². The standard InChI is InChI=1S/C15H19NO2S2/c1-10-8-11(2)13(4)15(12(10)3)20(17,18)16-9-14-6-5-7-19-14/h5-8,16H,9H2,1-4H3. The highest BCUT2D eigenvalue weighted by Gasteiger charge is 2.21. The summed E-state index contributed by atoms with van der Waals surface area (Å²) in [5, 5.41) is 1.94. The molecule has 0 unspecified atom stereocenters. The average molecular weight is 309 g/mol. The third kappa shape index (κ3) is 2.95. The Morgan fingerprint density at radius 2 is 1.70 bits per heavy atom. The van der Waals surface area contributed by atoms with Gasteiger partial charge in [-0.2, -0.15) is 0 Å². The van der Waals surface area contributed by atoms with E-state index in [0.29, 0.717) is 11.4 Å². The highest BCUT2D eigenvalue weighted by Crippen LogP contribution is 2.26. The predicted molar refractivity (Wildman–Crippen MR) is 83.7 cm³/mol. The Bertz CT molecular complexity index is 691. The molecule has 1 N–H and O–H groups in total. The van der Waals surface area contributed by atoms with Gasteiger partial charge in [-0.25, -0.2) is 13.1 Å². The molecule has 108 valence electrons. The lowest BCUT2D eigenvalue weighted by Gasteiger charge is -2.16. The van der Waals surface area contributed by atoms with Crippen LogP contribution in [-0.4, -0.2) is 8.42 Å². The number of nitrogens with one attached hydrogen (secondary N) is 1. The molecule has 0 aliphatic heterocycles. The van der Waals surface area contributed by atoms with Crippen molar-refractivity contribution in [2.45, 2.75) is 39.1 Å². The van der Waals surface area contributed by atoms with Gasteiger partial charge >= 0.3 is 0 Å². The van der Waals surface area contributed by atoms with Crippen LogP contribution < -0.4 is 4.72 Å². The first-order valence-corrected chi connectivity index (χ1v) is 8.78. The molecular weight excluding hydrogens is 290 g/mol. The Morgan fingerprint density at radius 1 is 1.10 bits per heavy atom. The van der Waals surface area contributed by atoms with Gasteiger partial charge in [0.05, 0.1) is 4.90 Å². The van der Waals surface area contributed by atoms with E-state index in [1.807, 2.05) is 51.3 Å². The predicted octanol–water partition coefficient (Wildman–Crippen LogP) is 3.46. The minimum absolute atomic E-state index is 0.339. The third-order valence-corrected chi connectivity index (χ3v) is 6.13. The lowest BCUT2D eigenvalue weighted by molar-refractivity contribution is 0.580. The molecule has 0 saturated heterocycles. The van der Waals surface area contributed by atoms with Gasteiger partial charge in [0.2, 0.25) is 10.0 Å². The summed E-state index contributed by atoms with van der Waals surface area (Å²) in [6.45, 7) is 7.95. The van der Waals surface area contributed by atoms with Crippen LogP contribution in [0.15, 0.2) is 28.5 Å². The van der Waals surface area contributed by atoms with E-state index in [1.54, 1.807) is 11.3 Å². The summed E-state index contributed by atoms with van der Waals surface area (Å²) in [5.74, 6) is 0. The van der Waals surface area contributed by atoms with Crippen molar-refractivity contribution in [1.82, 2.24) is 4.72 Å². The van der Waals surface area contributed by atoms with Crippen molar-refractivity contribution in [1.29, 1.82) is 0 Å². The zero-order chi connectivity index (χ0) is 14.9. The zero-order valence-electron chi connectivity index (χ0n) is 12.1. The molecule has 0 fully saturated rings. The molecule has 0 bridgehead atoms. The minimum atomic E-state index is -3.49. The average Bonchev–Trinajstić information content (AvgIpc) is 2.87. The van der Waals surface area contributed by atoms with Gasteiger partial charge < -0.3 is 0 Å². The van der Waals surface area contributed by atoms with Crippen molar-refractivity contribution < 1.29 is 8.42 Å². The van der Waals surface area contributed by atoms with E-state index in [0.717, 1.165) is 27.1 Å². The lowest BCUT2D eigenvalue weighted by atomic mass is 10.0. The summed E-state index contributed by atoms with van der Waals surface area (Å²) in [6.07, 6.45) is 0. The molecule has 0 spiro atoms. The Balaban J connectivity index is 2.39. The molecule has 2 rings (SSSR count). The summed E-state index contributed by atoms with van der Waals surface area (Å²) in [6, 6.07) is 5.87. The van der Waals surface area contributed by atoms with Crippen molar-refractivity contribution in [2.24, 2.45) is 0 Å². The van der Waals surface area contributed by atoms with Gasteiger partial charge in [-0.05, 0) is 61.4 Å². The maximum Gasteiger partial charge on any atom is 0.241 e. The summed E-state index contributed by atoms with van der Waals surface area (Å²) in [7, 11) is -3.49. The van der Waals surface area contributed by atoms with Crippen molar-refractivity contribution in [3.8, 4) is 0 Å². The first-order valence-electron chi connectivity index (χ1n) is 6.42. The van der Waals surface area contributed by atoms with Crippen molar-refractivity contribution in [2.75, 3.05) is 0 Å². The van der Waals surface area contributed by atoms with E-state index >= 15 is 0 Å². The van der Waals surface area contributed by atoms with Gasteiger partial charge in [-0.3, -0.25) is 0 Å². The monoisotopic (exact) mass is 309 g/mol. The molecule has 0 aliphatic rings. The molecule has 0 radical (unpaired) electrons. The van der Waals surface area contributed by atoms with Gasteiger partial charge in [0, 0.05) is 11.4 Å². The Morgan fingerprint density at radius 3 is 2.20 bits per heavy atom. The first kappa shape index (κ1) is 15.2. The van der Waals surface area contributed by atoms with Gasteiger partial charge in [0.15, 0.2) is 0 Å². The highest BCUT2D eigenvalue weighted by atomic mass is 32.2. The number of hydrogen-bond donors (Lipinski definition) is 1. The molecule has 0 aliphatic carbocycles. The number of thiophene rings is 1. The fraction of sp³-hybridized carbons (Fsp3) is 0.333. The van der Waals surface area contributed by atoms with E-state index in [-0.39, 0.29) is 0 Å². The smallest absolute Gasteiger partial charge is 0.207 e. The minimum Gasteiger partial charge on any atom is -0.207 e. The second-order valence-electron chi connectivity index (χ2n) is 4.99. The molecular formula is C15H19NO2S2. The Kier molecular flexibility index (Phi) is 4.32. The lowest BCUT2D eigenvalue weighted by Crippen LogP contribution is -2.25. The van der Waals surface area contributed by atoms with E-state index in [9.17, 15) is 8.42 Å². The molecule has 1 aromatic heterocycles. The molecule has 2 aromatic rings. The van der Waals surface area contributed by atoms with Gasteiger partial charge in [-0.15, -0.1) is 11.3 Å². The molecule has 1 heterocycles. The van der Waals surface area contributed by atoms with Gasteiger partial charge in [0.25, 0.3) is 0 Å². The number of aryl methyl sites for hydroxylation is 2. The van der Waals surface area contributed by atoms with Crippen LogP contribution >= 0.6 is 11.3 Å². The number of hydrogen-bond acceptors (Lipinski definition) is 3. The SMILES string of the molecule is Cc1cc(C)c(C)c(S(=O)(=O)NCc2cccs2)c1C. The fourth-order valence-electron chi connectivity index (χ4n) is 2.24. The normalized spacial score (nSPS) is 11.8. The van der Waals surface area contributed by atoms with Crippen LogP contribution in [0.3, 0.4) is 0 Å². The van der Waals surface area contributed by atoms with Gasteiger partial charge in [-0.1, -0.05) is 12.1 Å². The van der Waals surface area contributed by atoms with Crippen LogP contribution in [0.25, 0.3) is 0 Å². The van der Waals surface area contributed by atoms with Gasteiger partial charge in [0.1, 0.15) is 0 Å². The number of rotatable bonds is 4. The topological polar surface area (TPSA) is 46.2 Å². The molecule has 3 nitrogen and oxygen atoms in total. The maximum atomic E-state index is 12.6. The molecule has 1 aromatic carbocycles. The highest BCUT2D eigenvalue weighted by molar-refractivity contribution is 7.89. The van der Waals surface area contributed by atoms with Crippen molar-refractivity contribution >= 4 is 21.4 Å². The largest absolute Gasteiger partial charge is 0.241 e. The molecule has 20 heavy (non-hydrogen) atoms. The summed E-state index contributed by atoms with van der Waals surface area (Å²) >= 11 is 1.55. The van der Waals surface area contributed by atoms with Crippen LogP contribution in [0.1, 0.15) is 27.1 Å². The Labute approximate surface area is 124 Å². The maximum absolute atomic E-state index is 12.6. The summed E-state index contributed by atoms with van der Waals surface area (Å²) in [5.41, 5.74) is 3.66. The van der Waals surface area contributed by atoms with E-state index in [4.69, 9.17) is 0 Å². The van der Waals surface area contributed by atoms with Crippen LogP contribution in [0, 0.1) is 27.7 Å². The molecule has 0 amide bonds. The zero-order valence-corrected chi connectivity index (χ0v) is 13.8.